The summed E-state index contributed by atoms with van der Waals surface area (Å²) in [5, 5.41) is 1.30. The molecule has 0 aromatic carbocycles. The van der Waals surface area contributed by atoms with Crippen LogP contribution in [0.5, 0.6) is 0 Å². The lowest BCUT2D eigenvalue weighted by atomic mass is 10.4. The van der Waals surface area contributed by atoms with E-state index < -0.39 is 0 Å². The summed E-state index contributed by atoms with van der Waals surface area (Å²) in [4.78, 5) is 0. The van der Waals surface area contributed by atoms with Crippen molar-refractivity contribution in [3.05, 3.63) is 6.42 Å². The van der Waals surface area contributed by atoms with Crippen molar-refractivity contribution >= 4 is 23.5 Å². The molecule has 1 radical (unpaired) electrons. The first-order chi connectivity index (χ1) is 3.50. The average Bonchev–Trinajstić information content (AvgIpc) is 1.90. The second-order valence-electron chi connectivity index (χ2n) is 1.47. The largest absolute Gasteiger partial charge is 0.151 e. The summed E-state index contributed by atoms with van der Waals surface area (Å²) in [6.45, 7) is 0. The van der Waals surface area contributed by atoms with Crippen LogP contribution in [0.1, 0.15) is 6.42 Å². The third-order valence-corrected chi connectivity index (χ3v) is 3.20. The molecule has 1 rings (SSSR count). The predicted octanol–water partition coefficient (Wildman–Crippen LogP) is 2.02. The fourth-order valence-electron chi connectivity index (χ4n) is 0.499. The molecule has 41 valence electrons. The Labute approximate surface area is 53.4 Å². The third kappa shape index (κ3) is 2.50. The van der Waals surface area contributed by atoms with E-state index in [1.807, 2.05) is 23.5 Å². The second-order valence-corrected chi connectivity index (χ2v) is 3.98. The zero-order valence-corrected chi connectivity index (χ0v) is 5.86. The van der Waals surface area contributed by atoms with Crippen molar-refractivity contribution in [2.75, 3.05) is 16.6 Å². The summed E-state index contributed by atoms with van der Waals surface area (Å²) in [7, 11) is 0. The zero-order chi connectivity index (χ0) is 4.95. The minimum atomic E-state index is 1.27. The molecule has 1 aliphatic rings. The monoisotopic (exact) mass is 133 g/mol. The van der Waals surface area contributed by atoms with Crippen LogP contribution in [0.4, 0.5) is 0 Å². The van der Waals surface area contributed by atoms with Crippen molar-refractivity contribution in [3.8, 4) is 0 Å². The Morgan fingerprint density at radius 3 is 3.29 bits per heavy atom. The Balaban J connectivity index is 2.04. The van der Waals surface area contributed by atoms with Crippen LogP contribution >= 0.6 is 23.5 Å². The van der Waals surface area contributed by atoms with Crippen molar-refractivity contribution < 1.29 is 0 Å². The Kier molecular flexibility index (Phi) is 3.06. The van der Waals surface area contributed by atoms with E-state index in [0.29, 0.717) is 0 Å². The topological polar surface area (TPSA) is 0 Å². The lowest BCUT2D eigenvalue weighted by Crippen LogP contribution is -1.76. The van der Waals surface area contributed by atoms with Gasteiger partial charge in [-0.1, -0.05) is 0 Å². The Morgan fingerprint density at radius 1 is 1.29 bits per heavy atom. The van der Waals surface area contributed by atoms with Crippen LogP contribution in [0.25, 0.3) is 0 Å². The van der Waals surface area contributed by atoms with Crippen LogP contribution in [0.2, 0.25) is 0 Å². The Hall–Kier alpha value is 0.700. The maximum Gasteiger partial charge on any atom is 0.0392 e. The molecule has 0 bridgehead atoms. The smallest absolute Gasteiger partial charge is 0.0392 e. The summed E-state index contributed by atoms with van der Waals surface area (Å²) < 4.78 is 0. The number of hydrogen-bond acceptors (Lipinski definition) is 2. The number of rotatable bonds is 0. The maximum atomic E-state index is 2.37. The van der Waals surface area contributed by atoms with E-state index in [9.17, 15) is 0 Å². The molecule has 0 nitrogen and oxygen atoms in total. The highest BCUT2D eigenvalue weighted by molar-refractivity contribution is 8.16. The van der Waals surface area contributed by atoms with Gasteiger partial charge in [-0.05, 0) is 24.3 Å². The van der Waals surface area contributed by atoms with Crippen molar-refractivity contribution in [2.24, 2.45) is 0 Å². The molecule has 0 aromatic heterocycles. The molecule has 0 unspecified atom stereocenters. The van der Waals surface area contributed by atoms with Crippen molar-refractivity contribution in [3.63, 3.8) is 0 Å². The molecule has 1 heterocycles. The van der Waals surface area contributed by atoms with Gasteiger partial charge in [0.15, 0.2) is 0 Å². The van der Waals surface area contributed by atoms with E-state index in [1.54, 1.807) is 0 Å². The van der Waals surface area contributed by atoms with Gasteiger partial charge in [0, 0.05) is 5.08 Å². The standard InChI is InChI=1S/C5H9S2/c1-2-4-7-5-6-3-1/h1H,2-5H2. The molecular weight excluding hydrogens is 124 g/mol. The second kappa shape index (κ2) is 3.67. The van der Waals surface area contributed by atoms with Crippen molar-refractivity contribution in [2.45, 2.75) is 6.42 Å². The van der Waals surface area contributed by atoms with Crippen molar-refractivity contribution in [1.82, 2.24) is 0 Å². The third-order valence-electron chi connectivity index (χ3n) is 0.869. The van der Waals surface area contributed by atoms with E-state index in [2.05, 4.69) is 6.42 Å². The molecular formula is C5H9S2. The van der Waals surface area contributed by atoms with Gasteiger partial charge < -0.3 is 0 Å². The first-order valence-corrected chi connectivity index (χ1v) is 4.78. The van der Waals surface area contributed by atoms with Crippen LogP contribution < -0.4 is 0 Å². The van der Waals surface area contributed by atoms with Crippen LogP contribution in [0.15, 0.2) is 0 Å². The molecule has 0 aliphatic carbocycles. The summed E-state index contributed by atoms with van der Waals surface area (Å²) in [5.74, 6) is 2.61. The highest BCUT2D eigenvalue weighted by Crippen LogP contribution is 2.18. The van der Waals surface area contributed by atoms with Gasteiger partial charge in [0.1, 0.15) is 0 Å². The molecule has 0 spiro atoms. The number of hydrogen-bond donors (Lipinski definition) is 0. The molecule has 1 saturated heterocycles. The van der Waals surface area contributed by atoms with E-state index >= 15 is 0 Å². The molecule has 7 heavy (non-hydrogen) atoms. The molecule has 0 saturated carbocycles. The summed E-state index contributed by atoms with van der Waals surface area (Å²) in [6, 6.07) is 0. The summed E-state index contributed by atoms with van der Waals surface area (Å²) >= 11 is 4.07. The quantitative estimate of drug-likeness (QED) is 0.496. The fraction of sp³-hybridized carbons (Fsp3) is 0.800. The fourth-order valence-corrected chi connectivity index (χ4v) is 2.49. The Morgan fingerprint density at radius 2 is 2.29 bits per heavy atom. The van der Waals surface area contributed by atoms with E-state index in [0.717, 1.165) is 0 Å². The highest BCUT2D eigenvalue weighted by atomic mass is 32.2. The summed E-state index contributed by atoms with van der Waals surface area (Å²) in [5.41, 5.74) is 0. The predicted molar refractivity (Wildman–Crippen MR) is 38.7 cm³/mol. The molecule has 1 aliphatic heterocycles. The molecule has 0 aromatic rings. The van der Waals surface area contributed by atoms with Gasteiger partial charge in [-0.2, -0.15) is 23.5 Å². The van der Waals surface area contributed by atoms with Crippen molar-refractivity contribution in [1.29, 1.82) is 0 Å². The first-order valence-electron chi connectivity index (χ1n) is 2.47. The van der Waals surface area contributed by atoms with Crippen LogP contribution in [-0.2, 0) is 0 Å². The van der Waals surface area contributed by atoms with Gasteiger partial charge in [-0.15, -0.1) is 0 Å². The first kappa shape index (κ1) is 5.83. The SMILES string of the molecule is [CH]1CCSCSC1. The van der Waals surface area contributed by atoms with E-state index in [4.69, 9.17) is 0 Å². The van der Waals surface area contributed by atoms with Crippen LogP contribution in [-0.4, -0.2) is 16.6 Å². The van der Waals surface area contributed by atoms with E-state index in [1.165, 1.54) is 23.0 Å². The van der Waals surface area contributed by atoms with Gasteiger partial charge in [-0.3, -0.25) is 0 Å². The maximum absolute atomic E-state index is 2.37. The number of thioether (sulfide) groups is 2. The molecule has 0 atom stereocenters. The minimum Gasteiger partial charge on any atom is -0.151 e. The molecule has 1 fully saturated rings. The van der Waals surface area contributed by atoms with Crippen LogP contribution in [0, 0.1) is 6.42 Å². The van der Waals surface area contributed by atoms with Crippen LogP contribution in [0.3, 0.4) is 0 Å². The van der Waals surface area contributed by atoms with Gasteiger partial charge in [-0.25, -0.2) is 0 Å². The molecule has 0 amide bonds. The lowest BCUT2D eigenvalue weighted by Gasteiger charge is -1.86. The van der Waals surface area contributed by atoms with Gasteiger partial charge >= 0.3 is 0 Å². The van der Waals surface area contributed by atoms with Gasteiger partial charge in [0.2, 0.25) is 0 Å². The van der Waals surface area contributed by atoms with Gasteiger partial charge in [0.05, 0.1) is 0 Å². The van der Waals surface area contributed by atoms with E-state index in [-0.39, 0.29) is 0 Å². The minimum absolute atomic E-state index is 1.27. The zero-order valence-electron chi connectivity index (χ0n) is 4.22. The van der Waals surface area contributed by atoms with Gasteiger partial charge in [0.25, 0.3) is 0 Å². The molecule has 2 heteroatoms. The lowest BCUT2D eigenvalue weighted by molar-refractivity contribution is 1.13. The average molecular weight is 133 g/mol. The highest BCUT2D eigenvalue weighted by Gasteiger charge is 1.96. The summed E-state index contributed by atoms with van der Waals surface area (Å²) in [6.07, 6.45) is 3.68. The Bertz CT molecular complexity index is 25.7. The molecule has 0 N–H and O–H groups in total. The normalized spacial score (nSPS) is 24.0.